The van der Waals surface area contributed by atoms with Crippen LogP contribution in [0.5, 0.6) is 0 Å². The van der Waals surface area contributed by atoms with E-state index in [1.54, 1.807) is 24.5 Å². The molecule has 3 nitrogen and oxygen atoms in total. The fourth-order valence-electron chi connectivity index (χ4n) is 1.87. The van der Waals surface area contributed by atoms with E-state index in [-0.39, 0.29) is 18.3 Å². The normalized spacial score (nSPS) is 9.65. The third kappa shape index (κ3) is 4.67. The lowest BCUT2D eigenvalue weighted by molar-refractivity contribution is 0.0954. The van der Waals surface area contributed by atoms with Crippen molar-refractivity contribution in [3.63, 3.8) is 0 Å². The minimum Gasteiger partial charge on any atom is -0.352 e. The molecule has 2 aromatic rings. The first-order valence-electron chi connectivity index (χ1n) is 6.55. The second kappa shape index (κ2) is 8.33. The van der Waals surface area contributed by atoms with Crippen molar-refractivity contribution in [2.45, 2.75) is 19.8 Å². The molecule has 0 saturated carbocycles. The number of rotatable bonds is 5. The Kier molecular flexibility index (Phi) is 6.74. The SMILES string of the molecule is CCc1ccc(CCNC(=O)c2ccncc2)cc1.Cl. The summed E-state index contributed by atoms with van der Waals surface area (Å²) >= 11 is 0. The molecule has 1 aromatic carbocycles. The summed E-state index contributed by atoms with van der Waals surface area (Å²) in [6.07, 6.45) is 5.15. The Balaban J connectivity index is 0.00000200. The van der Waals surface area contributed by atoms with Gasteiger partial charge >= 0.3 is 0 Å². The highest BCUT2D eigenvalue weighted by Gasteiger charge is 2.03. The van der Waals surface area contributed by atoms with E-state index in [9.17, 15) is 4.79 Å². The maximum Gasteiger partial charge on any atom is 0.251 e. The average Bonchev–Trinajstić information content (AvgIpc) is 2.49. The van der Waals surface area contributed by atoms with Gasteiger partial charge in [-0.25, -0.2) is 0 Å². The minimum atomic E-state index is -0.0485. The van der Waals surface area contributed by atoms with Crippen LogP contribution >= 0.6 is 12.4 Å². The van der Waals surface area contributed by atoms with Gasteiger partial charge in [-0.15, -0.1) is 12.4 Å². The molecule has 0 radical (unpaired) electrons. The maximum atomic E-state index is 11.8. The first-order chi connectivity index (χ1) is 9.29. The molecule has 0 aliphatic rings. The van der Waals surface area contributed by atoms with E-state index in [2.05, 4.69) is 41.5 Å². The van der Waals surface area contributed by atoms with E-state index < -0.39 is 0 Å². The predicted molar refractivity (Wildman–Crippen MR) is 83.3 cm³/mol. The van der Waals surface area contributed by atoms with Crippen molar-refractivity contribution in [2.75, 3.05) is 6.54 Å². The quantitative estimate of drug-likeness (QED) is 0.920. The number of halogens is 1. The van der Waals surface area contributed by atoms with Gasteiger partial charge in [-0.2, -0.15) is 0 Å². The van der Waals surface area contributed by atoms with Gasteiger partial charge < -0.3 is 5.32 Å². The van der Waals surface area contributed by atoms with Crippen LogP contribution in [-0.4, -0.2) is 17.4 Å². The number of aromatic nitrogens is 1. The predicted octanol–water partition coefficient (Wildman–Crippen LogP) is 3.04. The zero-order chi connectivity index (χ0) is 13.5. The number of benzene rings is 1. The van der Waals surface area contributed by atoms with Gasteiger partial charge in [-0.1, -0.05) is 31.2 Å². The molecule has 106 valence electrons. The van der Waals surface area contributed by atoms with Crippen molar-refractivity contribution in [2.24, 2.45) is 0 Å². The van der Waals surface area contributed by atoms with Crippen LogP contribution in [0, 0.1) is 0 Å². The van der Waals surface area contributed by atoms with Crippen molar-refractivity contribution < 1.29 is 4.79 Å². The molecule has 1 heterocycles. The lowest BCUT2D eigenvalue weighted by Gasteiger charge is -2.06. The van der Waals surface area contributed by atoms with E-state index >= 15 is 0 Å². The van der Waals surface area contributed by atoms with E-state index in [1.807, 2.05) is 0 Å². The number of nitrogens with one attached hydrogen (secondary N) is 1. The molecule has 4 heteroatoms. The Labute approximate surface area is 125 Å². The Hall–Kier alpha value is -1.87. The lowest BCUT2D eigenvalue weighted by Crippen LogP contribution is -2.25. The van der Waals surface area contributed by atoms with Crippen LogP contribution in [0.4, 0.5) is 0 Å². The van der Waals surface area contributed by atoms with Gasteiger partial charge in [0.15, 0.2) is 0 Å². The van der Waals surface area contributed by atoms with Crippen LogP contribution in [0.1, 0.15) is 28.4 Å². The number of hydrogen-bond acceptors (Lipinski definition) is 2. The van der Waals surface area contributed by atoms with Crippen LogP contribution in [0.3, 0.4) is 0 Å². The van der Waals surface area contributed by atoms with Crippen LogP contribution in [-0.2, 0) is 12.8 Å². The van der Waals surface area contributed by atoms with Gasteiger partial charge in [0.1, 0.15) is 0 Å². The molecular weight excluding hydrogens is 272 g/mol. The standard InChI is InChI=1S/C16H18N2O.ClH/c1-2-13-3-5-14(6-4-13)7-12-18-16(19)15-8-10-17-11-9-15;/h3-6,8-11H,2,7,12H2,1H3,(H,18,19);1H. The number of hydrogen-bond donors (Lipinski definition) is 1. The van der Waals surface area contributed by atoms with Gasteiger partial charge in [0.25, 0.3) is 5.91 Å². The second-order valence-electron chi connectivity index (χ2n) is 4.41. The molecule has 1 N–H and O–H groups in total. The molecule has 1 aromatic heterocycles. The van der Waals surface area contributed by atoms with Crippen molar-refractivity contribution in [3.8, 4) is 0 Å². The van der Waals surface area contributed by atoms with Gasteiger partial charge in [-0.05, 0) is 36.1 Å². The van der Waals surface area contributed by atoms with Crippen LogP contribution in [0.15, 0.2) is 48.8 Å². The zero-order valence-corrected chi connectivity index (χ0v) is 12.3. The van der Waals surface area contributed by atoms with Crippen LogP contribution < -0.4 is 5.32 Å². The molecule has 0 unspecified atom stereocenters. The van der Waals surface area contributed by atoms with Crippen LogP contribution in [0.25, 0.3) is 0 Å². The fraction of sp³-hybridized carbons (Fsp3) is 0.250. The molecule has 1 amide bonds. The summed E-state index contributed by atoms with van der Waals surface area (Å²) in [4.78, 5) is 15.7. The molecule has 0 atom stereocenters. The fourth-order valence-corrected chi connectivity index (χ4v) is 1.87. The smallest absolute Gasteiger partial charge is 0.251 e. The third-order valence-electron chi connectivity index (χ3n) is 3.07. The number of amides is 1. The van der Waals surface area contributed by atoms with E-state index in [0.29, 0.717) is 12.1 Å². The monoisotopic (exact) mass is 290 g/mol. The van der Waals surface area contributed by atoms with E-state index in [1.165, 1.54) is 11.1 Å². The molecular formula is C16H19ClN2O. The highest BCUT2D eigenvalue weighted by molar-refractivity contribution is 5.93. The maximum absolute atomic E-state index is 11.8. The first kappa shape index (κ1) is 16.2. The van der Waals surface area contributed by atoms with Gasteiger partial charge in [0, 0.05) is 24.5 Å². The molecule has 0 bridgehead atoms. The van der Waals surface area contributed by atoms with Crippen molar-refractivity contribution in [1.29, 1.82) is 0 Å². The molecule has 0 aliphatic heterocycles. The minimum absolute atomic E-state index is 0. The number of carbonyl (C=O) groups excluding carboxylic acids is 1. The highest BCUT2D eigenvalue weighted by Crippen LogP contribution is 2.05. The lowest BCUT2D eigenvalue weighted by atomic mass is 10.1. The summed E-state index contributed by atoms with van der Waals surface area (Å²) in [5, 5.41) is 2.91. The summed E-state index contributed by atoms with van der Waals surface area (Å²) in [6.45, 7) is 2.79. The van der Waals surface area contributed by atoms with E-state index in [0.717, 1.165) is 12.8 Å². The molecule has 0 spiro atoms. The number of pyridine rings is 1. The Morgan fingerprint density at radius 3 is 2.25 bits per heavy atom. The third-order valence-corrected chi connectivity index (χ3v) is 3.07. The summed E-state index contributed by atoms with van der Waals surface area (Å²) in [6, 6.07) is 12.0. The molecule has 2 rings (SSSR count). The summed E-state index contributed by atoms with van der Waals surface area (Å²) in [7, 11) is 0. The number of nitrogens with zero attached hydrogens (tertiary/aromatic N) is 1. The first-order valence-corrected chi connectivity index (χ1v) is 6.55. The summed E-state index contributed by atoms with van der Waals surface area (Å²) in [5.41, 5.74) is 3.23. The Bertz CT molecular complexity index is 526. The van der Waals surface area contributed by atoms with Crippen molar-refractivity contribution in [1.82, 2.24) is 10.3 Å². The highest BCUT2D eigenvalue weighted by atomic mass is 35.5. The topological polar surface area (TPSA) is 42.0 Å². The largest absolute Gasteiger partial charge is 0.352 e. The van der Waals surface area contributed by atoms with E-state index in [4.69, 9.17) is 0 Å². The van der Waals surface area contributed by atoms with Crippen molar-refractivity contribution >= 4 is 18.3 Å². The molecule has 0 fully saturated rings. The van der Waals surface area contributed by atoms with Gasteiger partial charge in [0.2, 0.25) is 0 Å². The molecule has 0 aliphatic carbocycles. The van der Waals surface area contributed by atoms with Gasteiger partial charge in [-0.3, -0.25) is 9.78 Å². The van der Waals surface area contributed by atoms with Crippen LogP contribution in [0.2, 0.25) is 0 Å². The average molecular weight is 291 g/mol. The number of aryl methyl sites for hydroxylation is 1. The van der Waals surface area contributed by atoms with Crippen molar-refractivity contribution in [3.05, 3.63) is 65.5 Å². The summed E-state index contributed by atoms with van der Waals surface area (Å²) in [5.74, 6) is -0.0485. The number of carbonyl (C=O) groups is 1. The summed E-state index contributed by atoms with van der Waals surface area (Å²) < 4.78 is 0. The van der Waals surface area contributed by atoms with Gasteiger partial charge in [0.05, 0.1) is 0 Å². The molecule has 0 saturated heterocycles. The Morgan fingerprint density at radius 2 is 1.65 bits per heavy atom. The second-order valence-corrected chi connectivity index (χ2v) is 4.41. The Morgan fingerprint density at radius 1 is 1.05 bits per heavy atom. The zero-order valence-electron chi connectivity index (χ0n) is 11.5. The molecule has 20 heavy (non-hydrogen) atoms.